The fourth-order valence-corrected chi connectivity index (χ4v) is 3.14. The molecule has 0 aliphatic carbocycles. The number of hydrogen-bond donors (Lipinski definition) is 3. The molecule has 1 aliphatic heterocycles. The van der Waals surface area contributed by atoms with E-state index in [0.29, 0.717) is 30.1 Å². The van der Waals surface area contributed by atoms with Gasteiger partial charge in [-0.15, -0.1) is 12.4 Å². The van der Waals surface area contributed by atoms with Crippen molar-refractivity contribution >= 4 is 24.1 Å². The lowest BCUT2D eigenvalue weighted by Crippen LogP contribution is -2.27. The van der Waals surface area contributed by atoms with Gasteiger partial charge in [-0.2, -0.15) is 0 Å². The van der Waals surface area contributed by atoms with Crippen LogP contribution in [0.2, 0.25) is 0 Å². The van der Waals surface area contributed by atoms with E-state index in [2.05, 4.69) is 15.6 Å². The van der Waals surface area contributed by atoms with Gasteiger partial charge in [0.25, 0.3) is 5.91 Å². The van der Waals surface area contributed by atoms with Crippen molar-refractivity contribution in [1.82, 2.24) is 15.6 Å². The van der Waals surface area contributed by atoms with Gasteiger partial charge in [0, 0.05) is 17.8 Å². The van der Waals surface area contributed by atoms with E-state index in [9.17, 15) is 9.59 Å². The highest BCUT2D eigenvalue weighted by Gasteiger charge is 2.21. The van der Waals surface area contributed by atoms with E-state index in [0.717, 1.165) is 30.8 Å². The molecule has 22 heavy (non-hydrogen) atoms. The lowest BCUT2D eigenvalue weighted by Gasteiger charge is -2.09. The molecule has 1 unspecified atom stereocenters. The third-order valence-electron chi connectivity index (χ3n) is 4.22. The minimum Gasteiger partial charge on any atom is -0.354 e. The molecule has 0 aromatic carbocycles. The van der Waals surface area contributed by atoms with Crippen molar-refractivity contribution in [2.24, 2.45) is 5.92 Å². The number of rotatable bonds is 6. The Morgan fingerprint density at radius 3 is 2.64 bits per heavy atom. The van der Waals surface area contributed by atoms with Crippen molar-refractivity contribution in [1.29, 1.82) is 0 Å². The predicted molar refractivity (Wildman–Crippen MR) is 90.1 cm³/mol. The Kier molecular flexibility index (Phi) is 7.10. The summed E-state index contributed by atoms with van der Waals surface area (Å²) in [6.07, 6.45) is 2.86. The second kappa shape index (κ2) is 8.34. The van der Waals surface area contributed by atoms with Crippen molar-refractivity contribution < 1.29 is 9.59 Å². The smallest absolute Gasteiger partial charge is 0.268 e. The van der Waals surface area contributed by atoms with Gasteiger partial charge in [0.1, 0.15) is 5.69 Å². The van der Waals surface area contributed by atoms with E-state index in [1.54, 1.807) is 6.92 Å². The van der Waals surface area contributed by atoms with Crippen molar-refractivity contribution in [2.45, 2.75) is 40.0 Å². The normalized spacial score (nSPS) is 17.1. The van der Waals surface area contributed by atoms with Crippen molar-refractivity contribution in [3.05, 3.63) is 22.5 Å². The van der Waals surface area contributed by atoms with E-state index in [4.69, 9.17) is 0 Å². The summed E-state index contributed by atoms with van der Waals surface area (Å²) in [4.78, 5) is 27.1. The molecule has 2 rings (SSSR count). The molecule has 3 N–H and O–H groups in total. The van der Waals surface area contributed by atoms with Gasteiger partial charge < -0.3 is 15.6 Å². The number of hydrogen-bond acceptors (Lipinski definition) is 3. The quantitative estimate of drug-likeness (QED) is 0.701. The molecule has 1 atom stereocenters. The molecule has 1 saturated heterocycles. The lowest BCUT2D eigenvalue weighted by atomic mass is 10.0. The summed E-state index contributed by atoms with van der Waals surface area (Å²) in [5.41, 5.74) is 2.83. The first-order valence-electron chi connectivity index (χ1n) is 7.75. The van der Waals surface area contributed by atoms with Crippen LogP contribution in [0.1, 0.15) is 58.8 Å². The molecule has 1 aromatic heterocycles. The van der Waals surface area contributed by atoms with Crippen LogP contribution in [-0.2, 0) is 6.42 Å². The first-order valence-corrected chi connectivity index (χ1v) is 7.75. The molecule has 0 saturated carbocycles. The molecule has 0 spiro atoms. The van der Waals surface area contributed by atoms with Crippen LogP contribution in [0.3, 0.4) is 0 Å². The summed E-state index contributed by atoms with van der Waals surface area (Å²) in [6, 6.07) is 0. The zero-order chi connectivity index (χ0) is 15.4. The fourth-order valence-electron chi connectivity index (χ4n) is 3.14. The Morgan fingerprint density at radius 2 is 2.09 bits per heavy atom. The predicted octanol–water partition coefficient (Wildman–Crippen LogP) is 2.24. The molecule has 1 aliphatic rings. The van der Waals surface area contributed by atoms with Crippen LogP contribution in [0.5, 0.6) is 0 Å². The van der Waals surface area contributed by atoms with Gasteiger partial charge in [0.05, 0.1) is 0 Å². The number of H-pyrrole nitrogens is 1. The Balaban J connectivity index is 0.00000242. The summed E-state index contributed by atoms with van der Waals surface area (Å²) in [6.45, 7) is 8.17. The first-order chi connectivity index (χ1) is 10.0. The Hall–Kier alpha value is -1.33. The van der Waals surface area contributed by atoms with E-state index < -0.39 is 0 Å². The minimum absolute atomic E-state index is 0. The van der Waals surface area contributed by atoms with Crippen LogP contribution in [0.4, 0.5) is 0 Å². The van der Waals surface area contributed by atoms with E-state index >= 15 is 0 Å². The summed E-state index contributed by atoms with van der Waals surface area (Å²) >= 11 is 0. The number of aromatic amines is 1. The lowest BCUT2D eigenvalue weighted by molar-refractivity contribution is 0.0946. The molecular formula is C16H26ClN3O2. The number of aromatic nitrogens is 1. The Bertz CT molecular complexity index is 534. The summed E-state index contributed by atoms with van der Waals surface area (Å²) in [7, 11) is 0. The molecule has 2 heterocycles. The highest BCUT2D eigenvalue weighted by atomic mass is 35.5. The maximum Gasteiger partial charge on any atom is 0.268 e. The van der Waals surface area contributed by atoms with E-state index in [1.807, 2.05) is 13.8 Å². The Morgan fingerprint density at radius 1 is 1.36 bits per heavy atom. The zero-order valence-corrected chi connectivity index (χ0v) is 14.4. The second-order valence-corrected chi connectivity index (χ2v) is 5.79. The fraction of sp³-hybridized carbons (Fsp3) is 0.625. The largest absolute Gasteiger partial charge is 0.354 e. The third-order valence-corrected chi connectivity index (χ3v) is 4.22. The molecule has 5 nitrogen and oxygen atoms in total. The van der Waals surface area contributed by atoms with Gasteiger partial charge in [-0.1, -0.05) is 6.92 Å². The Labute approximate surface area is 138 Å². The van der Waals surface area contributed by atoms with E-state index in [-0.39, 0.29) is 24.1 Å². The maximum absolute atomic E-state index is 12.3. The minimum atomic E-state index is -0.103. The van der Waals surface area contributed by atoms with Crippen molar-refractivity contribution in [3.63, 3.8) is 0 Å². The van der Waals surface area contributed by atoms with Crippen LogP contribution < -0.4 is 10.6 Å². The van der Waals surface area contributed by atoms with Gasteiger partial charge in [-0.3, -0.25) is 9.59 Å². The number of Topliss-reactive ketones (excluding diaryl/α,β-unsaturated/α-hetero) is 1. The van der Waals surface area contributed by atoms with Crippen LogP contribution in [0, 0.1) is 12.8 Å². The number of ketones is 1. The monoisotopic (exact) mass is 327 g/mol. The van der Waals surface area contributed by atoms with Crippen LogP contribution in [-0.4, -0.2) is 36.3 Å². The standard InChI is InChI=1S/C16H25N3O2.ClH/c1-4-13-14(11(3)20)10(2)19-15(13)16(21)18-8-6-12-5-7-17-9-12;/h12,17,19H,4-9H2,1-3H3,(H,18,21);1H. The second-order valence-electron chi connectivity index (χ2n) is 5.79. The van der Waals surface area contributed by atoms with Gasteiger partial charge in [-0.05, 0) is 57.7 Å². The molecule has 124 valence electrons. The van der Waals surface area contributed by atoms with Gasteiger partial charge >= 0.3 is 0 Å². The highest BCUT2D eigenvalue weighted by molar-refractivity contribution is 6.02. The molecule has 0 bridgehead atoms. The summed E-state index contributed by atoms with van der Waals surface area (Å²) < 4.78 is 0. The topological polar surface area (TPSA) is 74.0 Å². The highest BCUT2D eigenvalue weighted by Crippen LogP contribution is 2.20. The molecule has 1 amide bonds. The van der Waals surface area contributed by atoms with Gasteiger partial charge in [0.15, 0.2) is 5.78 Å². The number of halogens is 1. The number of carbonyl (C=O) groups is 2. The SMILES string of the molecule is CCc1c(C(=O)NCCC2CCNC2)[nH]c(C)c1C(C)=O.Cl. The third kappa shape index (κ3) is 4.11. The van der Waals surface area contributed by atoms with Gasteiger partial charge in [0.2, 0.25) is 0 Å². The van der Waals surface area contributed by atoms with Crippen LogP contribution in [0.15, 0.2) is 0 Å². The molecular weight excluding hydrogens is 302 g/mol. The molecule has 0 radical (unpaired) electrons. The molecule has 6 heteroatoms. The van der Waals surface area contributed by atoms with Crippen molar-refractivity contribution in [3.8, 4) is 0 Å². The zero-order valence-electron chi connectivity index (χ0n) is 13.5. The molecule has 1 fully saturated rings. The maximum atomic E-state index is 12.3. The molecule has 1 aromatic rings. The number of amides is 1. The van der Waals surface area contributed by atoms with E-state index in [1.165, 1.54) is 6.42 Å². The summed E-state index contributed by atoms with van der Waals surface area (Å²) in [5, 5.41) is 6.30. The van der Waals surface area contributed by atoms with Crippen LogP contribution in [0.25, 0.3) is 0 Å². The average Bonchev–Trinajstić information content (AvgIpc) is 3.05. The van der Waals surface area contributed by atoms with Crippen molar-refractivity contribution in [2.75, 3.05) is 19.6 Å². The average molecular weight is 328 g/mol. The van der Waals surface area contributed by atoms with Gasteiger partial charge in [-0.25, -0.2) is 0 Å². The number of carbonyl (C=O) groups excluding carboxylic acids is 2. The first kappa shape index (κ1) is 18.7. The van der Waals surface area contributed by atoms with Crippen LogP contribution >= 0.6 is 12.4 Å². The summed E-state index contributed by atoms with van der Waals surface area (Å²) in [5.74, 6) is 0.569. The number of aryl methyl sites for hydroxylation is 1. The number of nitrogens with one attached hydrogen (secondary N) is 3.